The summed E-state index contributed by atoms with van der Waals surface area (Å²) in [7, 11) is 0. The molecule has 0 aliphatic carbocycles. The summed E-state index contributed by atoms with van der Waals surface area (Å²) in [4.78, 5) is 8.16. The highest BCUT2D eigenvalue weighted by molar-refractivity contribution is 7.11. The van der Waals surface area contributed by atoms with Crippen molar-refractivity contribution in [1.82, 2.24) is 9.88 Å². The average molecular weight is 239 g/mol. The van der Waals surface area contributed by atoms with Crippen LogP contribution in [0.2, 0.25) is 0 Å². The van der Waals surface area contributed by atoms with Crippen LogP contribution < -0.4 is 5.73 Å². The van der Waals surface area contributed by atoms with Crippen LogP contribution in [-0.2, 0) is 12.0 Å². The maximum atomic E-state index is 6.05. The van der Waals surface area contributed by atoms with Crippen molar-refractivity contribution in [3.8, 4) is 0 Å². The average Bonchev–Trinajstić information content (AvgIpc) is 2.85. The summed E-state index contributed by atoms with van der Waals surface area (Å²) in [5.74, 6) is 0. The molecule has 0 radical (unpaired) electrons. The monoisotopic (exact) mass is 239 g/mol. The normalized spacial score (nSPS) is 18.2. The van der Waals surface area contributed by atoms with Crippen LogP contribution in [0.5, 0.6) is 0 Å². The quantitative estimate of drug-likeness (QED) is 0.873. The molecule has 2 N–H and O–H groups in total. The van der Waals surface area contributed by atoms with Gasteiger partial charge in [0.25, 0.3) is 0 Å². The van der Waals surface area contributed by atoms with Crippen molar-refractivity contribution in [2.24, 2.45) is 5.73 Å². The van der Waals surface area contributed by atoms with Crippen molar-refractivity contribution in [3.05, 3.63) is 16.1 Å². The Morgan fingerprint density at radius 2 is 2.12 bits per heavy atom. The minimum Gasteiger partial charge on any atom is -0.321 e. The van der Waals surface area contributed by atoms with Crippen LogP contribution in [0.4, 0.5) is 0 Å². The summed E-state index contributed by atoms with van der Waals surface area (Å²) in [6.45, 7) is 7.74. The molecular weight excluding hydrogens is 218 g/mol. The zero-order valence-electron chi connectivity index (χ0n) is 10.2. The van der Waals surface area contributed by atoms with Crippen LogP contribution in [0.3, 0.4) is 0 Å². The first-order valence-electron chi connectivity index (χ1n) is 6.02. The van der Waals surface area contributed by atoms with E-state index in [1.54, 1.807) is 11.3 Å². The van der Waals surface area contributed by atoms with E-state index < -0.39 is 0 Å². The number of likely N-dealkylation sites (tertiary alicyclic amines) is 1. The Kier molecular flexibility index (Phi) is 3.62. The van der Waals surface area contributed by atoms with Crippen LogP contribution in [0.25, 0.3) is 0 Å². The summed E-state index contributed by atoms with van der Waals surface area (Å²) in [6.07, 6.45) is 5.72. The van der Waals surface area contributed by atoms with Crippen molar-refractivity contribution in [2.75, 3.05) is 19.6 Å². The minimum absolute atomic E-state index is 0.246. The van der Waals surface area contributed by atoms with Gasteiger partial charge in [-0.3, -0.25) is 0 Å². The van der Waals surface area contributed by atoms with Crippen LogP contribution in [0, 0.1) is 0 Å². The van der Waals surface area contributed by atoms with E-state index in [0.29, 0.717) is 0 Å². The van der Waals surface area contributed by atoms with Crippen molar-refractivity contribution >= 4 is 11.3 Å². The van der Waals surface area contributed by atoms with Gasteiger partial charge >= 0.3 is 0 Å². The molecule has 16 heavy (non-hydrogen) atoms. The van der Waals surface area contributed by atoms with Gasteiger partial charge in [0, 0.05) is 29.6 Å². The fourth-order valence-electron chi connectivity index (χ4n) is 1.98. The number of aromatic nitrogens is 1. The number of rotatable bonds is 4. The Hall–Kier alpha value is -0.450. The van der Waals surface area contributed by atoms with Gasteiger partial charge in [0.05, 0.1) is 5.01 Å². The minimum atomic E-state index is -0.246. The predicted molar refractivity (Wildman–Crippen MR) is 68.7 cm³/mol. The first-order chi connectivity index (χ1) is 7.55. The van der Waals surface area contributed by atoms with Crippen LogP contribution in [0.1, 0.15) is 36.6 Å². The molecule has 90 valence electrons. The third kappa shape index (κ3) is 3.03. The molecule has 2 rings (SSSR count). The van der Waals surface area contributed by atoms with Gasteiger partial charge < -0.3 is 10.6 Å². The topological polar surface area (TPSA) is 42.1 Å². The zero-order chi connectivity index (χ0) is 11.6. The molecule has 1 aromatic heterocycles. The summed E-state index contributed by atoms with van der Waals surface area (Å²) in [5.41, 5.74) is 5.80. The molecule has 1 saturated heterocycles. The van der Waals surface area contributed by atoms with Crippen molar-refractivity contribution in [3.63, 3.8) is 0 Å². The molecule has 0 amide bonds. The molecule has 0 saturated carbocycles. The van der Waals surface area contributed by atoms with Gasteiger partial charge in [0.2, 0.25) is 0 Å². The standard InChI is InChI=1S/C12H21N3S/c1-12(2,13)10-9-14-11(16-10)5-8-15-6-3-4-7-15/h9H,3-8,13H2,1-2H3. The molecule has 0 bridgehead atoms. The fraction of sp³-hybridized carbons (Fsp3) is 0.750. The lowest BCUT2D eigenvalue weighted by Gasteiger charge is -2.15. The van der Waals surface area contributed by atoms with E-state index in [4.69, 9.17) is 5.73 Å². The third-order valence-electron chi connectivity index (χ3n) is 3.03. The van der Waals surface area contributed by atoms with E-state index in [2.05, 4.69) is 9.88 Å². The lowest BCUT2D eigenvalue weighted by Crippen LogP contribution is -2.27. The number of nitrogens with two attached hydrogens (primary N) is 1. The zero-order valence-corrected chi connectivity index (χ0v) is 11.0. The third-order valence-corrected chi connectivity index (χ3v) is 4.43. The second-order valence-electron chi connectivity index (χ2n) is 5.14. The molecule has 1 aromatic rings. The van der Waals surface area contributed by atoms with Crippen molar-refractivity contribution < 1.29 is 0 Å². The molecule has 0 unspecified atom stereocenters. The molecule has 0 aromatic carbocycles. The maximum absolute atomic E-state index is 6.05. The molecule has 4 heteroatoms. The van der Waals surface area contributed by atoms with Gasteiger partial charge in [-0.1, -0.05) is 0 Å². The Bertz CT molecular complexity index is 334. The second kappa shape index (κ2) is 4.82. The molecule has 0 atom stereocenters. The Balaban J connectivity index is 1.87. The number of nitrogens with zero attached hydrogens (tertiary/aromatic N) is 2. The number of hydrogen-bond acceptors (Lipinski definition) is 4. The van der Waals surface area contributed by atoms with E-state index in [0.717, 1.165) is 13.0 Å². The summed E-state index contributed by atoms with van der Waals surface area (Å²) in [6, 6.07) is 0. The number of thiazole rings is 1. The largest absolute Gasteiger partial charge is 0.321 e. The molecule has 3 nitrogen and oxygen atoms in total. The fourth-order valence-corrected chi connectivity index (χ4v) is 2.90. The smallest absolute Gasteiger partial charge is 0.0941 e. The highest BCUT2D eigenvalue weighted by Gasteiger charge is 2.18. The van der Waals surface area contributed by atoms with Crippen molar-refractivity contribution in [2.45, 2.75) is 38.6 Å². The molecule has 0 spiro atoms. The lowest BCUT2D eigenvalue weighted by molar-refractivity contribution is 0.343. The highest BCUT2D eigenvalue weighted by Crippen LogP contribution is 2.24. The van der Waals surface area contributed by atoms with Gasteiger partial charge in [-0.15, -0.1) is 11.3 Å². The Morgan fingerprint density at radius 1 is 1.44 bits per heavy atom. The Morgan fingerprint density at radius 3 is 2.69 bits per heavy atom. The Labute approximate surface area is 102 Å². The van der Waals surface area contributed by atoms with Gasteiger partial charge in [0.1, 0.15) is 0 Å². The predicted octanol–water partition coefficient (Wildman–Crippen LogP) is 1.98. The van der Waals surface area contributed by atoms with Gasteiger partial charge in [-0.05, 0) is 39.8 Å². The van der Waals surface area contributed by atoms with E-state index in [1.165, 1.54) is 35.8 Å². The van der Waals surface area contributed by atoms with Crippen LogP contribution >= 0.6 is 11.3 Å². The lowest BCUT2D eigenvalue weighted by atomic mass is 10.1. The molecule has 1 fully saturated rings. The summed E-state index contributed by atoms with van der Waals surface area (Å²) in [5, 5.41) is 1.22. The molecule has 1 aliphatic rings. The summed E-state index contributed by atoms with van der Waals surface area (Å²) >= 11 is 1.76. The van der Waals surface area contributed by atoms with E-state index in [1.807, 2.05) is 20.0 Å². The second-order valence-corrected chi connectivity index (χ2v) is 6.25. The van der Waals surface area contributed by atoms with Gasteiger partial charge in [-0.25, -0.2) is 4.98 Å². The van der Waals surface area contributed by atoms with Crippen molar-refractivity contribution in [1.29, 1.82) is 0 Å². The molecule has 1 aliphatic heterocycles. The first kappa shape index (κ1) is 12.0. The van der Waals surface area contributed by atoms with Crippen LogP contribution in [-0.4, -0.2) is 29.5 Å². The molecular formula is C12H21N3S. The van der Waals surface area contributed by atoms with Gasteiger partial charge in [0.15, 0.2) is 0 Å². The van der Waals surface area contributed by atoms with E-state index in [-0.39, 0.29) is 5.54 Å². The maximum Gasteiger partial charge on any atom is 0.0941 e. The first-order valence-corrected chi connectivity index (χ1v) is 6.84. The number of hydrogen-bond donors (Lipinski definition) is 1. The van der Waals surface area contributed by atoms with Gasteiger partial charge in [-0.2, -0.15) is 0 Å². The van der Waals surface area contributed by atoms with Crippen LogP contribution in [0.15, 0.2) is 6.20 Å². The highest BCUT2D eigenvalue weighted by atomic mass is 32.1. The summed E-state index contributed by atoms with van der Waals surface area (Å²) < 4.78 is 0. The van der Waals surface area contributed by atoms with E-state index in [9.17, 15) is 0 Å². The SMILES string of the molecule is CC(C)(N)c1cnc(CCN2CCCC2)s1. The van der Waals surface area contributed by atoms with E-state index >= 15 is 0 Å². The molecule has 2 heterocycles.